The molecule has 0 amide bonds. The lowest BCUT2D eigenvalue weighted by molar-refractivity contribution is -0.124. The number of carbonyl (C=O) groups is 2. The molecule has 0 heterocycles. The van der Waals surface area contributed by atoms with Crippen LogP contribution in [0.5, 0.6) is 0 Å². The SMILES string of the molecule is CC(=O)[C@H]1CC[C@H]2[C@@H]3CCC4=CC(=O)C(C)C[C@]4(C)[C@H]3C=C[C@]12C. The molecule has 4 aliphatic carbocycles. The highest BCUT2D eigenvalue weighted by Gasteiger charge is 2.58. The maximum absolute atomic E-state index is 12.2. The van der Waals surface area contributed by atoms with Gasteiger partial charge in [0.2, 0.25) is 0 Å². The van der Waals surface area contributed by atoms with Crippen LogP contribution in [0, 0.1) is 40.4 Å². The summed E-state index contributed by atoms with van der Waals surface area (Å²) in [5.74, 6) is 2.88. The number of rotatable bonds is 1. The average Bonchev–Trinajstić information content (AvgIpc) is 2.86. The van der Waals surface area contributed by atoms with Crippen molar-refractivity contribution in [3.63, 3.8) is 0 Å². The second-order valence-electron chi connectivity index (χ2n) is 9.40. The Balaban J connectivity index is 1.74. The summed E-state index contributed by atoms with van der Waals surface area (Å²) in [6, 6.07) is 0. The molecule has 0 spiro atoms. The van der Waals surface area contributed by atoms with E-state index in [0.29, 0.717) is 29.3 Å². The first-order valence-electron chi connectivity index (χ1n) is 9.72. The number of fused-ring (bicyclic) bond motifs is 5. The highest BCUT2D eigenvalue weighted by Crippen LogP contribution is 2.64. The molecule has 0 aromatic carbocycles. The number of carbonyl (C=O) groups excluding carboxylic acids is 2. The third kappa shape index (κ3) is 2.01. The van der Waals surface area contributed by atoms with Crippen molar-refractivity contribution < 1.29 is 9.59 Å². The van der Waals surface area contributed by atoms with Crippen molar-refractivity contribution in [1.29, 1.82) is 0 Å². The van der Waals surface area contributed by atoms with Crippen LogP contribution in [0.1, 0.15) is 59.8 Å². The molecule has 2 heteroatoms. The normalized spacial score (nSPS) is 49.9. The number of ketones is 2. The molecule has 0 N–H and O–H groups in total. The zero-order chi connectivity index (χ0) is 17.3. The molecule has 130 valence electrons. The molecular weight excluding hydrogens is 296 g/mol. The molecule has 1 unspecified atom stereocenters. The molecule has 0 aromatic heterocycles. The number of Topliss-reactive ketones (excluding diaryl/α,β-unsaturated/α-hetero) is 1. The zero-order valence-electron chi connectivity index (χ0n) is 15.5. The fourth-order valence-electron chi connectivity index (χ4n) is 6.93. The third-order valence-corrected chi connectivity index (χ3v) is 8.20. The summed E-state index contributed by atoms with van der Waals surface area (Å²) in [5, 5.41) is 0. The predicted octanol–water partition coefficient (Wildman–Crippen LogP) is 4.75. The smallest absolute Gasteiger partial charge is 0.158 e. The van der Waals surface area contributed by atoms with Gasteiger partial charge in [0.25, 0.3) is 0 Å². The van der Waals surface area contributed by atoms with Crippen LogP contribution in [0.2, 0.25) is 0 Å². The van der Waals surface area contributed by atoms with Gasteiger partial charge < -0.3 is 0 Å². The Morgan fingerprint density at radius 2 is 1.96 bits per heavy atom. The fraction of sp³-hybridized carbons (Fsp3) is 0.727. The first-order chi connectivity index (χ1) is 11.3. The monoisotopic (exact) mass is 326 g/mol. The summed E-state index contributed by atoms with van der Waals surface area (Å²) >= 11 is 0. The summed E-state index contributed by atoms with van der Waals surface area (Å²) in [6.45, 7) is 8.57. The van der Waals surface area contributed by atoms with E-state index in [1.165, 1.54) is 18.4 Å². The van der Waals surface area contributed by atoms with E-state index in [1.54, 1.807) is 6.92 Å². The van der Waals surface area contributed by atoms with Gasteiger partial charge in [0.1, 0.15) is 5.78 Å². The Bertz CT molecular complexity index is 657. The molecule has 0 bridgehead atoms. The van der Waals surface area contributed by atoms with Gasteiger partial charge in [0, 0.05) is 11.8 Å². The van der Waals surface area contributed by atoms with Gasteiger partial charge in [-0.2, -0.15) is 0 Å². The summed E-state index contributed by atoms with van der Waals surface area (Å²) < 4.78 is 0. The van der Waals surface area contributed by atoms with Crippen LogP contribution in [-0.2, 0) is 9.59 Å². The molecule has 0 saturated heterocycles. The van der Waals surface area contributed by atoms with Gasteiger partial charge in [-0.3, -0.25) is 9.59 Å². The van der Waals surface area contributed by atoms with Gasteiger partial charge in [-0.1, -0.05) is 38.5 Å². The highest BCUT2D eigenvalue weighted by atomic mass is 16.1. The first-order valence-corrected chi connectivity index (χ1v) is 9.72. The van der Waals surface area contributed by atoms with E-state index in [9.17, 15) is 9.59 Å². The molecule has 2 saturated carbocycles. The second kappa shape index (κ2) is 5.16. The van der Waals surface area contributed by atoms with Gasteiger partial charge >= 0.3 is 0 Å². The van der Waals surface area contributed by atoms with Gasteiger partial charge in [-0.25, -0.2) is 0 Å². The molecular formula is C22H30O2. The predicted molar refractivity (Wildman–Crippen MR) is 95.3 cm³/mol. The Labute approximate surface area is 145 Å². The van der Waals surface area contributed by atoms with Crippen molar-refractivity contribution in [3.8, 4) is 0 Å². The van der Waals surface area contributed by atoms with Crippen molar-refractivity contribution in [3.05, 3.63) is 23.8 Å². The minimum atomic E-state index is 0.0562. The Morgan fingerprint density at radius 3 is 2.67 bits per heavy atom. The molecule has 7 atom stereocenters. The van der Waals surface area contributed by atoms with E-state index in [0.717, 1.165) is 19.3 Å². The van der Waals surface area contributed by atoms with Crippen LogP contribution in [0.3, 0.4) is 0 Å². The molecule has 4 aliphatic rings. The summed E-state index contributed by atoms with van der Waals surface area (Å²) in [7, 11) is 0. The quantitative estimate of drug-likeness (QED) is 0.652. The Morgan fingerprint density at radius 1 is 1.21 bits per heavy atom. The topological polar surface area (TPSA) is 34.1 Å². The molecule has 4 rings (SSSR count). The fourth-order valence-corrected chi connectivity index (χ4v) is 6.93. The van der Waals surface area contributed by atoms with Crippen LogP contribution in [0.25, 0.3) is 0 Å². The minimum absolute atomic E-state index is 0.0562. The van der Waals surface area contributed by atoms with Gasteiger partial charge in [-0.15, -0.1) is 0 Å². The minimum Gasteiger partial charge on any atom is -0.300 e. The van der Waals surface area contributed by atoms with Crippen LogP contribution < -0.4 is 0 Å². The van der Waals surface area contributed by atoms with E-state index in [-0.39, 0.29) is 22.7 Å². The number of hydrogen-bond donors (Lipinski definition) is 0. The van der Waals surface area contributed by atoms with E-state index in [1.807, 2.05) is 6.08 Å². The maximum atomic E-state index is 12.2. The molecule has 0 radical (unpaired) electrons. The summed E-state index contributed by atoms with van der Waals surface area (Å²) in [5.41, 5.74) is 1.59. The molecule has 2 fully saturated rings. The van der Waals surface area contributed by atoms with Crippen molar-refractivity contribution in [1.82, 2.24) is 0 Å². The lowest BCUT2D eigenvalue weighted by Crippen LogP contribution is -2.49. The molecule has 24 heavy (non-hydrogen) atoms. The number of hydrogen-bond acceptors (Lipinski definition) is 2. The van der Waals surface area contributed by atoms with Crippen molar-refractivity contribution in [2.24, 2.45) is 40.4 Å². The van der Waals surface area contributed by atoms with E-state index in [2.05, 4.69) is 32.9 Å². The lowest BCUT2D eigenvalue weighted by Gasteiger charge is -2.55. The van der Waals surface area contributed by atoms with Crippen LogP contribution in [0.15, 0.2) is 23.8 Å². The summed E-state index contributed by atoms with van der Waals surface area (Å²) in [4.78, 5) is 24.3. The zero-order valence-corrected chi connectivity index (χ0v) is 15.5. The molecule has 2 nitrogen and oxygen atoms in total. The van der Waals surface area contributed by atoms with E-state index < -0.39 is 0 Å². The van der Waals surface area contributed by atoms with Crippen LogP contribution in [0.4, 0.5) is 0 Å². The lowest BCUT2D eigenvalue weighted by atomic mass is 9.48. The maximum Gasteiger partial charge on any atom is 0.158 e. The van der Waals surface area contributed by atoms with Gasteiger partial charge in [0.15, 0.2) is 5.78 Å². The first kappa shape index (κ1) is 16.3. The van der Waals surface area contributed by atoms with Crippen molar-refractivity contribution in [2.45, 2.75) is 59.8 Å². The van der Waals surface area contributed by atoms with Gasteiger partial charge in [0.05, 0.1) is 0 Å². The van der Waals surface area contributed by atoms with E-state index in [4.69, 9.17) is 0 Å². The Kier molecular flexibility index (Phi) is 3.50. The standard InChI is InChI=1S/C22H30O2/c1-13-12-22(4)15(11-20(13)24)5-6-16-18-8-7-17(14(2)23)21(18,3)10-9-19(16)22/h9-11,13,16-19H,5-8,12H2,1-4H3/t13?,16-,17+,18-,19-,21+,22-/m0/s1. The van der Waals surface area contributed by atoms with Crippen LogP contribution >= 0.6 is 0 Å². The largest absolute Gasteiger partial charge is 0.300 e. The number of allylic oxidation sites excluding steroid dienone is 4. The summed E-state index contributed by atoms with van der Waals surface area (Å²) in [6.07, 6.45) is 12.3. The highest BCUT2D eigenvalue weighted by molar-refractivity contribution is 5.93. The average molecular weight is 326 g/mol. The third-order valence-electron chi connectivity index (χ3n) is 8.20. The van der Waals surface area contributed by atoms with Crippen molar-refractivity contribution >= 4 is 11.6 Å². The molecule has 0 aliphatic heterocycles. The molecule has 0 aromatic rings. The Hall–Kier alpha value is -1.18. The van der Waals surface area contributed by atoms with Gasteiger partial charge in [-0.05, 0) is 73.7 Å². The van der Waals surface area contributed by atoms with Crippen LogP contribution in [-0.4, -0.2) is 11.6 Å². The van der Waals surface area contributed by atoms with E-state index >= 15 is 0 Å². The second-order valence-corrected chi connectivity index (χ2v) is 9.40. The van der Waals surface area contributed by atoms with Crippen molar-refractivity contribution in [2.75, 3.05) is 0 Å².